The molecule has 1 aromatic carbocycles. The van der Waals surface area contributed by atoms with Crippen molar-refractivity contribution in [3.8, 4) is 0 Å². The van der Waals surface area contributed by atoms with Crippen molar-refractivity contribution in [1.82, 2.24) is 4.90 Å². The molecule has 1 aliphatic rings. The maximum absolute atomic E-state index is 6.46. The third kappa shape index (κ3) is 3.58. The van der Waals surface area contributed by atoms with Crippen molar-refractivity contribution in [3.05, 3.63) is 35.4 Å². The van der Waals surface area contributed by atoms with Gasteiger partial charge < -0.3 is 5.73 Å². The van der Waals surface area contributed by atoms with E-state index in [0.29, 0.717) is 6.04 Å². The Hall–Kier alpha value is -0.860. The summed E-state index contributed by atoms with van der Waals surface area (Å²) in [5.41, 5.74) is 9.26. The number of likely N-dealkylation sites (tertiary alicyclic amines) is 1. The van der Waals surface area contributed by atoms with E-state index >= 15 is 0 Å². The third-order valence-corrected chi connectivity index (χ3v) is 4.42. The molecule has 0 bridgehead atoms. The van der Waals surface area contributed by atoms with Crippen LogP contribution in [0.25, 0.3) is 0 Å². The molecule has 0 radical (unpaired) electrons. The van der Waals surface area contributed by atoms with Gasteiger partial charge in [-0.05, 0) is 50.4 Å². The summed E-state index contributed by atoms with van der Waals surface area (Å²) in [6, 6.07) is 9.37. The number of rotatable bonds is 4. The van der Waals surface area contributed by atoms with Gasteiger partial charge in [-0.2, -0.15) is 0 Å². The molecule has 2 rings (SSSR count). The standard InChI is InChI=1S/C17H28N2/c1-3-16(18)17(15-11-7-6-10-14(15)2)19-12-8-4-5-9-13-19/h6-7,10-11,16-17H,3-5,8-9,12-13,18H2,1-2H3. The minimum absolute atomic E-state index is 0.235. The van der Waals surface area contributed by atoms with Gasteiger partial charge in [0.25, 0.3) is 0 Å². The number of hydrogen-bond acceptors (Lipinski definition) is 2. The van der Waals surface area contributed by atoms with E-state index in [9.17, 15) is 0 Å². The first-order chi connectivity index (χ1) is 9.24. The smallest absolute Gasteiger partial charge is 0.0501 e. The summed E-state index contributed by atoms with van der Waals surface area (Å²) in [5, 5.41) is 0. The summed E-state index contributed by atoms with van der Waals surface area (Å²) in [6.45, 7) is 6.82. The van der Waals surface area contributed by atoms with E-state index in [0.717, 1.165) is 6.42 Å². The summed E-state index contributed by atoms with van der Waals surface area (Å²) < 4.78 is 0. The summed E-state index contributed by atoms with van der Waals surface area (Å²) in [6.07, 6.45) is 6.42. The van der Waals surface area contributed by atoms with Crippen LogP contribution in [0.3, 0.4) is 0 Å². The Kier molecular flexibility index (Phi) is 5.41. The average Bonchev–Trinajstić information content (AvgIpc) is 2.70. The van der Waals surface area contributed by atoms with Crippen LogP contribution in [0.4, 0.5) is 0 Å². The molecule has 2 heteroatoms. The number of benzene rings is 1. The molecule has 0 amide bonds. The predicted octanol–water partition coefficient (Wildman–Crippen LogP) is 3.65. The maximum Gasteiger partial charge on any atom is 0.0501 e. The van der Waals surface area contributed by atoms with Gasteiger partial charge in [0.15, 0.2) is 0 Å². The van der Waals surface area contributed by atoms with Crippen LogP contribution < -0.4 is 5.73 Å². The molecule has 2 atom stereocenters. The van der Waals surface area contributed by atoms with Gasteiger partial charge in [0.1, 0.15) is 0 Å². The van der Waals surface area contributed by atoms with E-state index < -0.39 is 0 Å². The Morgan fingerprint density at radius 3 is 2.32 bits per heavy atom. The van der Waals surface area contributed by atoms with Crippen LogP contribution in [0.5, 0.6) is 0 Å². The van der Waals surface area contributed by atoms with E-state index in [2.05, 4.69) is 43.0 Å². The summed E-state index contributed by atoms with van der Waals surface area (Å²) in [7, 11) is 0. The second-order valence-corrected chi connectivity index (χ2v) is 5.82. The molecule has 1 saturated heterocycles. The number of nitrogens with two attached hydrogens (primary N) is 1. The topological polar surface area (TPSA) is 29.3 Å². The first-order valence-electron chi connectivity index (χ1n) is 7.79. The minimum Gasteiger partial charge on any atom is -0.326 e. The van der Waals surface area contributed by atoms with Crippen LogP contribution in [-0.2, 0) is 0 Å². The highest BCUT2D eigenvalue weighted by molar-refractivity contribution is 5.30. The Balaban J connectivity index is 2.27. The fourth-order valence-electron chi connectivity index (χ4n) is 3.21. The summed E-state index contributed by atoms with van der Waals surface area (Å²) in [5.74, 6) is 0. The van der Waals surface area contributed by atoms with Crippen molar-refractivity contribution in [2.24, 2.45) is 5.73 Å². The molecule has 2 N–H and O–H groups in total. The molecule has 106 valence electrons. The molecule has 1 heterocycles. The zero-order valence-electron chi connectivity index (χ0n) is 12.4. The van der Waals surface area contributed by atoms with E-state index in [1.54, 1.807) is 0 Å². The molecule has 1 fully saturated rings. The fraction of sp³-hybridized carbons (Fsp3) is 0.647. The SMILES string of the molecule is CCC(N)C(c1ccccc1C)N1CCCCCC1. The van der Waals surface area contributed by atoms with Crippen LogP contribution in [0.1, 0.15) is 56.2 Å². The van der Waals surface area contributed by atoms with Crippen molar-refractivity contribution in [1.29, 1.82) is 0 Å². The lowest BCUT2D eigenvalue weighted by molar-refractivity contribution is 0.175. The normalized spacial score (nSPS) is 20.8. The first-order valence-corrected chi connectivity index (χ1v) is 7.79. The maximum atomic E-state index is 6.46. The van der Waals surface area contributed by atoms with Gasteiger partial charge in [0, 0.05) is 6.04 Å². The highest BCUT2D eigenvalue weighted by atomic mass is 15.2. The van der Waals surface area contributed by atoms with E-state index in [4.69, 9.17) is 5.73 Å². The lowest BCUT2D eigenvalue weighted by Crippen LogP contribution is -2.41. The van der Waals surface area contributed by atoms with E-state index in [1.807, 2.05) is 0 Å². The van der Waals surface area contributed by atoms with Crippen molar-refractivity contribution >= 4 is 0 Å². The Bertz CT molecular complexity index is 381. The average molecular weight is 260 g/mol. The van der Waals surface area contributed by atoms with E-state index in [-0.39, 0.29) is 6.04 Å². The summed E-state index contributed by atoms with van der Waals surface area (Å²) in [4.78, 5) is 2.63. The van der Waals surface area contributed by atoms with Gasteiger partial charge in [0.2, 0.25) is 0 Å². The zero-order valence-corrected chi connectivity index (χ0v) is 12.4. The molecule has 1 aliphatic heterocycles. The van der Waals surface area contributed by atoms with Crippen LogP contribution in [-0.4, -0.2) is 24.0 Å². The second kappa shape index (κ2) is 7.06. The molecule has 0 aromatic heterocycles. The van der Waals surface area contributed by atoms with Gasteiger partial charge in [-0.15, -0.1) is 0 Å². The molecule has 1 aromatic rings. The zero-order chi connectivity index (χ0) is 13.7. The highest BCUT2D eigenvalue weighted by Gasteiger charge is 2.27. The molecule has 0 saturated carbocycles. The Labute approximate surface area is 118 Å². The van der Waals surface area contributed by atoms with Gasteiger partial charge >= 0.3 is 0 Å². The minimum atomic E-state index is 0.235. The molecule has 2 unspecified atom stereocenters. The predicted molar refractivity (Wildman–Crippen MR) is 82.2 cm³/mol. The quantitative estimate of drug-likeness (QED) is 0.895. The third-order valence-electron chi connectivity index (χ3n) is 4.42. The van der Waals surface area contributed by atoms with Crippen molar-refractivity contribution < 1.29 is 0 Å². The molecule has 19 heavy (non-hydrogen) atoms. The van der Waals surface area contributed by atoms with Gasteiger partial charge in [-0.1, -0.05) is 44.0 Å². The second-order valence-electron chi connectivity index (χ2n) is 5.82. The summed E-state index contributed by atoms with van der Waals surface area (Å²) >= 11 is 0. The monoisotopic (exact) mass is 260 g/mol. The lowest BCUT2D eigenvalue weighted by atomic mass is 9.92. The van der Waals surface area contributed by atoms with Gasteiger partial charge in [0.05, 0.1) is 6.04 Å². The molecule has 0 spiro atoms. The Morgan fingerprint density at radius 1 is 1.11 bits per heavy atom. The van der Waals surface area contributed by atoms with Crippen molar-refractivity contribution in [2.75, 3.05) is 13.1 Å². The fourth-order valence-corrected chi connectivity index (χ4v) is 3.21. The van der Waals surface area contributed by atoms with Crippen LogP contribution >= 0.6 is 0 Å². The van der Waals surface area contributed by atoms with Crippen LogP contribution in [0.2, 0.25) is 0 Å². The lowest BCUT2D eigenvalue weighted by Gasteiger charge is -2.35. The van der Waals surface area contributed by atoms with Crippen molar-refractivity contribution in [2.45, 2.75) is 58.0 Å². The van der Waals surface area contributed by atoms with Gasteiger partial charge in [-0.25, -0.2) is 0 Å². The van der Waals surface area contributed by atoms with Gasteiger partial charge in [-0.3, -0.25) is 4.90 Å². The molecule has 2 nitrogen and oxygen atoms in total. The highest BCUT2D eigenvalue weighted by Crippen LogP contribution is 2.29. The number of hydrogen-bond donors (Lipinski definition) is 1. The molecule has 0 aliphatic carbocycles. The first kappa shape index (κ1) is 14.5. The number of aryl methyl sites for hydroxylation is 1. The van der Waals surface area contributed by atoms with Crippen LogP contribution in [0.15, 0.2) is 24.3 Å². The number of nitrogens with zero attached hydrogens (tertiary/aromatic N) is 1. The van der Waals surface area contributed by atoms with E-state index in [1.165, 1.54) is 49.9 Å². The molecular weight excluding hydrogens is 232 g/mol. The van der Waals surface area contributed by atoms with Crippen LogP contribution in [0, 0.1) is 6.92 Å². The largest absolute Gasteiger partial charge is 0.326 e. The van der Waals surface area contributed by atoms with Crippen molar-refractivity contribution in [3.63, 3.8) is 0 Å². The Morgan fingerprint density at radius 2 is 1.74 bits per heavy atom. The molecular formula is C17H28N2.